The molecule has 0 bridgehead atoms. The molecule has 4 rings (SSSR count). The van der Waals surface area contributed by atoms with Crippen molar-refractivity contribution >= 4 is 34.0 Å². The van der Waals surface area contributed by atoms with E-state index in [4.69, 9.17) is 23.7 Å². The second-order valence-electron chi connectivity index (χ2n) is 8.07. The van der Waals surface area contributed by atoms with Gasteiger partial charge in [0, 0.05) is 10.0 Å². The Morgan fingerprint density at radius 3 is 1.98 bits per heavy atom. The molecule has 0 fully saturated rings. The van der Waals surface area contributed by atoms with Crippen LogP contribution in [0.4, 0.5) is 0 Å². The number of hydrogen-bond acceptors (Lipinski definition) is 8. The number of halogens is 1. The lowest BCUT2D eigenvalue weighted by Gasteiger charge is -2.18. The molecular weight excluding hydrogens is 580 g/mol. The lowest BCUT2D eigenvalue weighted by atomic mass is 10.2. The van der Waals surface area contributed by atoms with Crippen molar-refractivity contribution in [1.29, 1.82) is 0 Å². The van der Waals surface area contributed by atoms with Crippen LogP contribution in [0.2, 0.25) is 0 Å². The van der Waals surface area contributed by atoms with Crippen molar-refractivity contribution in [3.63, 3.8) is 0 Å². The summed E-state index contributed by atoms with van der Waals surface area (Å²) in [6.45, 7) is 0. The van der Waals surface area contributed by atoms with Crippen molar-refractivity contribution in [3.05, 3.63) is 113 Å². The van der Waals surface area contributed by atoms with Crippen molar-refractivity contribution < 1.29 is 33.3 Å². The van der Waals surface area contributed by atoms with Crippen LogP contribution in [-0.2, 0) is 4.79 Å². The van der Waals surface area contributed by atoms with Crippen LogP contribution in [0, 0.1) is 0 Å². The molecule has 0 heterocycles. The number of para-hydroxylation sites is 2. The molecule has 4 aromatic carbocycles. The van der Waals surface area contributed by atoms with Gasteiger partial charge in [-0.2, -0.15) is 5.10 Å². The minimum Gasteiger partial charge on any atom is -0.493 e. The van der Waals surface area contributed by atoms with Crippen molar-refractivity contribution in [2.75, 3.05) is 14.2 Å². The number of nitrogens with one attached hydrogen (secondary N) is 1. The smallest absolute Gasteiger partial charge is 0.343 e. The Labute approximate surface area is 239 Å². The molecule has 0 saturated heterocycles. The zero-order chi connectivity index (χ0) is 28.3. The van der Waals surface area contributed by atoms with Crippen LogP contribution in [0.25, 0.3) is 0 Å². The van der Waals surface area contributed by atoms with Gasteiger partial charge in [0.05, 0.1) is 26.0 Å². The number of methoxy groups -OCH3 is 2. The van der Waals surface area contributed by atoms with E-state index in [1.165, 1.54) is 26.5 Å². The third kappa shape index (κ3) is 7.61. The number of carbonyl (C=O) groups excluding carboxylic acids is 2. The molecule has 0 spiro atoms. The number of amides is 1. The third-order valence-electron chi connectivity index (χ3n) is 5.36. The third-order valence-corrected chi connectivity index (χ3v) is 5.85. The molecule has 10 heteroatoms. The van der Waals surface area contributed by atoms with Gasteiger partial charge in [-0.25, -0.2) is 10.2 Å². The number of carbonyl (C=O) groups is 2. The second-order valence-corrected chi connectivity index (χ2v) is 8.99. The fourth-order valence-corrected chi connectivity index (χ4v) is 3.81. The standard InChI is InChI=1S/C30H25BrN2O7/c1-36-26-15-13-20(18-27(26)37-2)29(35)40-25-16-14-22(31)17-21(25)19-32-33-28(34)30(38-23-9-5-3-6-10-23)39-24-11-7-4-8-12-24/h3-19,30H,1-2H3,(H,33,34). The predicted molar refractivity (Wildman–Crippen MR) is 152 cm³/mol. The Morgan fingerprint density at radius 1 is 0.775 bits per heavy atom. The maximum atomic E-state index is 13.0. The molecule has 9 nitrogen and oxygen atoms in total. The van der Waals surface area contributed by atoms with E-state index in [1.54, 1.807) is 78.9 Å². The Hall–Kier alpha value is -4.83. The second kappa shape index (κ2) is 13.8. The van der Waals surface area contributed by atoms with Gasteiger partial charge in [-0.3, -0.25) is 4.79 Å². The van der Waals surface area contributed by atoms with Crippen LogP contribution in [0.15, 0.2) is 107 Å². The van der Waals surface area contributed by atoms with Gasteiger partial charge in [0.2, 0.25) is 0 Å². The summed E-state index contributed by atoms with van der Waals surface area (Å²) in [4.78, 5) is 25.8. The van der Waals surface area contributed by atoms with Gasteiger partial charge in [0.15, 0.2) is 11.5 Å². The van der Waals surface area contributed by atoms with Crippen LogP contribution in [-0.4, -0.2) is 38.6 Å². The number of nitrogens with zero attached hydrogens (tertiary/aromatic N) is 1. The normalized spacial score (nSPS) is 10.7. The monoisotopic (exact) mass is 604 g/mol. The first-order valence-corrected chi connectivity index (χ1v) is 12.8. The number of hydrazone groups is 1. The molecule has 40 heavy (non-hydrogen) atoms. The Kier molecular flexibility index (Phi) is 9.73. The SMILES string of the molecule is COc1ccc(C(=O)Oc2ccc(Br)cc2C=NNC(=O)C(Oc2ccccc2)Oc2ccccc2)cc1OC. The van der Waals surface area contributed by atoms with Crippen LogP contribution < -0.4 is 29.1 Å². The highest BCUT2D eigenvalue weighted by molar-refractivity contribution is 9.10. The molecule has 0 atom stereocenters. The lowest BCUT2D eigenvalue weighted by molar-refractivity contribution is -0.140. The summed E-state index contributed by atoms with van der Waals surface area (Å²) in [5.74, 6) is 0.716. The van der Waals surface area contributed by atoms with E-state index in [-0.39, 0.29) is 11.3 Å². The van der Waals surface area contributed by atoms with Gasteiger partial charge in [-0.15, -0.1) is 0 Å². The topological polar surface area (TPSA) is 105 Å². The van der Waals surface area contributed by atoms with E-state index >= 15 is 0 Å². The quantitative estimate of drug-likeness (QED) is 0.0778. The van der Waals surface area contributed by atoms with Crippen LogP contribution in [0.5, 0.6) is 28.7 Å². The zero-order valence-corrected chi connectivity index (χ0v) is 23.2. The molecular formula is C30H25BrN2O7. The summed E-state index contributed by atoms with van der Waals surface area (Å²) in [6, 6.07) is 27.3. The molecule has 4 aromatic rings. The van der Waals surface area contributed by atoms with Crippen LogP contribution in [0.1, 0.15) is 15.9 Å². The maximum absolute atomic E-state index is 13.0. The summed E-state index contributed by atoms with van der Waals surface area (Å²) in [7, 11) is 2.98. The molecule has 0 aliphatic heterocycles. The van der Waals surface area contributed by atoms with Gasteiger partial charge >= 0.3 is 18.2 Å². The van der Waals surface area contributed by atoms with Gasteiger partial charge in [-0.05, 0) is 60.7 Å². The van der Waals surface area contributed by atoms with Gasteiger partial charge in [0.1, 0.15) is 17.2 Å². The highest BCUT2D eigenvalue weighted by atomic mass is 79.9. The summed E-state index contributed by atoms with van der Waals surface area (Å²) in [6.07, 6.45) is 0.0222. The molecule has 0 unspecified atom stereocenters. The van der Waals surface area contributed by atoms with E-state index in [0.717, 1.165) is 0 Å². The van der Waals surface area contributed by atoms with Crippen molar-refractivity contribution in [1.82, 2.24) is 5.43 Å². The Morgan fingerprint density at radius 2 is 1.38 bits per heavy atom. The minimum atomic E-state index is -1.33. The first-order valence-electron chi connectivity index (χ1n) is 12.0. The molecule has 0 aliphatic rings. The zero-order valence-electron chi connectivity index (χ0n) is 21.6. The largest absolute Gasteiger partial charge is 0.493 e. The summed E-state index contributed by atoms with van der Waals surface area (Å²) in [5, 5.41) is 4.04. The number of hydrogen-bond donors (Lipinski definition) is 1. The first-order chi connectivity index (χ1) is 19.5. The molecule has 0 radical (unpaired) electrons. The van der Waals surface area contributed by atoms with Crippen molar-refractivity contribution in [2.45, 2.75) is 6.29 Å². The van der Waals surface area contributed by atoms with E-state index < -0.39 is 18.2 Å². The fourth-order valence-electron chi connectivity index (χ4n) is 3.43. The Bertz CT molecular complexity index is 1440. The van der Waals surface area contributed by atoms with Crippen LogP contribution >= 0.6 is 15.9 Å². The molecule has 0 saturated carbocycles. The van der Waals surface area contributed by atoms with Gasteiger partial charge < -0.3 is 23.7 Å². The number of ether oxygens (including phenoxy) is 5. The lowest BCUT2D eigenvalue weighted by Crippen LogP contribution is -2.40. The molecule has 0 aliphatic carbocycles. The molecule has 1 N–H and O–H groups in total. The van der Waals surface area contributed by atoms with Crippen LogP contribution in [0.3, 0.4) is 0 Å². The maximum Gasteiger partial charge on any atom is 0.343 e. The number of benzene rings is 4. The van der Waals surface area contributed by atoms with Crippen molar-refractivity contribution in [3.8, 4) is 28.7 Å². The van der Waals surface area contributed by atoms with E-state index in [0.29, 0.717) is 33.0 Å². The highest BCUT2D eigenvalue weighted by Crippen LogP contribution is 2.29. The number of esters is 1. The van der Waals surface area contributed by atoms with Gasteiger partial charge in [0.25, 0.3) is 0 Å². The number of rotatable bonds is 11. The van der Waals surface area contributed by atoms with E-state index in [9.17, 15) is 9.59 Å². The Balaban J connectivity index is 1.49. The average Bonchev–Trinajstić information content (AvgIpc) is 2.98. The van der Waals surface area contributed by atoms with E-state index in [2.05, 4.69) is 26.5 Å². The van der Waals surface area contributed by atoms with Crippen molar-refractivity contribution in [2.24, 2.45) is 5.10 Å². The average molecular weight is 605 g/mol. The van der Waals surface area contributed by atoms with Gasteiger partial charge in [-0.1, -0.05) is 52.3 Å². The molecule has 1 amide bonds. The summed E-state index contributed by atoms with van der Waals surface area (Å²) >= 11 is 3.40. The van der Waals surface area contributed by atoms with E-state index in [1.807, 2.05) is 12.1 Å². The summed E-state index contributed by atoms with van der Waals surface area (Å²) < 4.78 is 28.3. The predicted octanol–water partition coefficient (Wildman–Crippen LogP) is 5.62. The summed E-state index contributed by atoms with van der Waals surface area (Å²) in [5.41, 5.74) is 3.11. The fraction of sp³-hybridized carbons (Fsp3) is 0.100. The highest BCUT2D eigenvalue weighted by Gasteiger charge is 2.23. The molecule has 0 aromatic heterocycles. The molecule has 204 valence electrons. The minimum absolute atomic E-state index is 0.221. The first kappa shape index (κ1) is 28.2.